The number of rotatable bonds is 2. The first-order valence-electron chi connectivity index (χ1n) is 3.52. The van der Waals surface area contributed by atoms with Crippen molar-refractivity contribution in [3.05, 3.63) is 29.8 Å². The summed E-state index contributed by atoms with van der Waals surface area (Å²) in [6.45, 7) is 1.82. The molecule has 0 unspecified atom stereocenters. The number of hydrogen-bond acceptors (Lipinski definition) is 2. The van der Waals surface area contributed by atoms with Gasteiger partial charge in [-0.15, -0.1) is 0 Å². The maximum atomic E-state index is 10.7. The molecule has 0 saturated carbocycles. The monoisotopic (exact) mass is 185 g/mol. The van der Waals surface area contributed by atoms with Crippen molar-refractivity contribution in [3.63, 3.8) is 0 Å². The molecule has 1 aromatic rings. The highest BCUT2D eigenvalue weighted by Gasteiger charge is 2.12. The minimum Gasteiger partial charge on any atom is -0.282 e. The Hall–Kier alpha value is -0.870. The van der Waals surface area contributed by atoms with Gasteiger partial charge in [0.1, 0.15) is 0 Å². The molecule has 0 aliphatic rings. The van der Waals surface area contributed by atoms with E-state index in [2.05, 4.69) is 6.07 Å². The van der Waals surface area contributed by atoms with Crippen LogP contribution in [0.2, 0.25) is 0 Å². The standard InChI is InChI=1S/C8H9O3S/c1-2-7-5-3-4-6-8(7)12(9,10)11/h3,5-6H,2H2,1H3,(H,9,10,11). The van der Waals surface area contributed by atoms with E-state index in [0.717, 1.165) is 0 Å². The minimum absolute atomic E-state index is 0.0486. The van der Waals surface area contributed by atoms with Gasteiger partial charge in [0, 0.05) is 0 Å². The van der Waals surface area contributed by atoms with Gasteiger partial charge in [-0.05, 0) is 24.1 Å². The molecule has 0 aliphatic carbocycles. The highest BCUT2D eigenvalue weighted by atomic mass is 32.2. The van der Waals surface area contributed by atoms with Crippen molar-refractivity contribution in [1.29, 1.82) is 0 Å². The summed E-state index contributed by atoms with van der Waals surface area (Å²) in [5.41, 5.74) is 0.608. The third-order valence-electron chi connectivity index (χ3n) is 1.57. The summed E-state index contributed by atoms with van der Waals surface area (Å²) in [5.74, 6) is 0. The maximum Gasteiger partial charge on any atom is 0.294 e. The molecule has 0 spiro atoms. The fourth-order valence-electron chi connectivity index (χ4n) is 0.980. The summed E-state index contributed by atoms with van der Waals surface area (Å²) in [7, 11) is -4.08. The second-order valence-corrected chi connectivity index (χ2v) is 3.75. The fraction of sp³-hybridized carbons (Fsp3) is 0.250. The molecule has 1 rings (SSSR count). The predicted molar refractivity (Wildman–Crippen MR) is 44.5 cm³/mol. The van der Waals surface area contributed by atoms with Crippen LogP contribution in [0.1, 0.15) is 12.5 Å². The van der Waals surface area contributed by atoms with Crippen LogP contribution in [-0.2, 0) is 16.5 Å². The molecule has 12 heavy (non-hydrogen) atoms. The first-order valence-corrected chi connectivity index (χ1v) is 4.96. The molecule has 0 fully saturated rings. The molecule has 65 valence electrons. The van der Waals surface area contributed by atoms with E-state index in [1.807, 2.05) is 6.92 Å². The van der Waals surface area contributed by atoms with E-state index in [4.69, 9.17) is 4.55 Å². The lowest BCUT2D eigenvalue weighted by Gasteiger charge is -2.02. The SMILES string of the molecule is CCc1cc[c]cc1S(=O)(=O)O. The van der Waals surface area contributed by atoms with Crippen LogP contribution in [0.5, 0.6) is 0 Å². The molecule has 0 aliphatic heterocycles. The zero-order chi connectivity index (χ0) is 9.19. The van der Waals surface area contributed by atoms with Crippen molar-refractivity contribution in [3.8, 4) is 0 Å². The third-order valence-corrected chi connectivity index (χ3v) is 2.51. The lowest BCUT2D eigenvalue weighted by molar-refractivity contribution is 0.482. The molecule has 1 aromatic carbocycles. The first-order chi connectivity index (χ1) is 5.55. The van der Waals surface area contributed by atoms with E-state index in [1.165, 1.54) is 6.07 Å². The molecule has 0 bridgehead atoms. The van der Waals surface area contributed by atoms with Gasteiger partial charge in [0.2, 0.25) is 0 Å². The fourth-order valence-corrected chi connectivity index (χ4v) is 1.74. The van der Waals surface area contributed by atoms with Gasteiger partial charge in [0.15, 0.2) is 0 Å². The predicted octanol–water partition coefficient (Wildman–Crippen LogP) is 1.30. The van der Waals surface area contributed by atoms with Crippen LogP contribution in [0.15, 0.2) is 23.1 Å². The van der Waals surface area contributed by atoms with Crippen LogP contribution >= 0.6 is 0 Å². The average molecular weight is 185 g/mol. The van der Waals surface area contributed by atoms with Crippen LogP contribution in [0.3, 0.4) is 0 Å². The Kier molecular flexibility index (Phi) is 2.49. The van der Waals surface area contributed by atoms with Crippen molar-refractivity contribution in [2.24, 2.45) is 0 Å². The van der Waals surface area contributed by atoms with Crippen molar-refractivity contribution in [1.82, 2.24) is 0 Å². The number of hydrogen-bond donors (Lipinski definition) is 1. The van der Waals surface area contributed by atoms with Crippen molar-refractivity contribution < 1.29 is 13.0 Å². The lowest BCUT2D eigenvalue weighted by Crippen LogP contribution is -2.01. The Labute approximate surface area is 71.8 Å². The molecule has 1 radical (unpaired) electrons. The van der Waals surface area contributed by atoms with E-state index in [9.17, 15) is 8.42 Å². The molecule has 0 atom stereocenters. The van der Waals surface area contributed by atoms with Gasteiger partial charge in [-0.25, -0.2) is 0 Å². The van der Waals surface area contributed by atoms with E-state index in [-0.39, 0.29) is 4.90 Å². The Morgan fingerprint density at radius 2 is 2.25 bits per heavy atom. The number of aryl methyl sites for hydroxylation is 1. The van der Waals surface area contributed by atoms with Crippen LogP contribution in [-0.4, -0.2) is 13.0 Å². The summed E-state index contributed by atoms with van der Waals surface area (Å²) in [6, 6.07) is 7.12. The van der Waals surface area contributed by atoms with E-state index in [0.29, 0.717) is 12.0 Å². The summed E-state index contributed by atoms with van der Waals surface area (Å²) in [5, 5.41) is 0. The van der Waals surface area contributed by atoms with Gasteiger partial charge in [0.25, 0.3) is 10.1 Å². The van der Waals surface area contributed by atoms with E-state index in [1.54, 1.807) is 12.1 Å². The Bertz CT molecular complexity index is 368. The average Bonchev–Trinajstić information content (AvgIpc) is 2.03. The van der Waals surface area contributed by atoms with E-state index >= 15 is 0 Å². The molecule has 0 saturated heterocycles. The molecule has 4 heteroatoms. The van der Waals surface area contributed by atoms with Gasteiger partial charge in [-0.2, -0.15) is 8.42 Å². The van der Waals surface area contributed by atoms with Crippen LogP contribution in [0, 0.1) is 6.07 Å². The first kappa shape index (κ1) is 9.22. The molecule has 0 heterocycles. The largest absolute Gasteiger partial charge is 0.294 e. The summed E-state index contributed by atoms with van der Waals surface area (Å²) in [4.78, 5) is -0.0486. The second-order valence-electron chi connectivity index (χ2n) is 2.36. The highest BCUT2D eigenvalue weighted by molar-refractivity contribution is 7.85. The van der Waals surface area contributed by atoms with Gasteiger partial charge < -0.3 is 0 Å². The topological polar surface area (TPSA) is 54.4 Å². The lowest BCUT2D eigenvalue weighted by atomic mass is 10.2. The van der Waals surface area contributed by atoms with Gasteiger partial charge in [0.05, 0.1) is 4.90 Å². The van der Waals surface area contributed by atoms with Crippen molar-refractivity contribution in [2.75, 3.05) is 0 Å². The highest BCUT2D eigenvalue weighted by Crippen LogP contribution is 2.14. The van der Waals surface area contributed by atoms with Crippen LogP contribution in [0.25, 0.3) is 0 Å². The summed E-state index contributed by atoms with van der Waals surface area (Å²) < 4.78 is 30.2. The Morgan fingerprint density at radius 1 is 1.58 bits per heavy atom. The van der Waals surface area contributed by atoms with Crippen molar-refractivity contribution >= 4 is 10.1 Å². The second kappa shape index (κ2) is 3.25. The van der Waals surface area contributed by atoms with Gasteiger partial charge >= 0.3 is 0 Å². The Balaban J connectivity index is 3.33. The quantitative estimate of drug-likeness (QED) is 0.706. The van der Waals surface area contributed by atoms with Crippen LogP contribution < -0.4 is 0 Å². The minimum atomic E-state index is -4.08. The molecular formula is C8H9O3S. The zero-order valence-electron chi connectivity index (χ0n) is 6.61. The Morgan fingerprint density at radius 3 is 2.67 bits per heavy atom. The summed E-state index contributed by atoms with van der Waals surface area (Å²) in [6.07, 6.45) is 0.573. The maximum absolute atomic E-state index is 10.7. The van der Waals surface area contributed by atoms with Crippen molar-refractivity contribution in [2.45, 2.75) is 18.2 Å². The summed E-state index contributed by atoms with van der Waals surface area (Å²) >= 11 is 0. The molecular weight excluding hydrogens is 176 g/mol. The molecule has 0 aromatic heterocycles. The van der Waals surface area contributed by atoms with Crippen LogP contribution in [0.4, 0.5) is 0 Å². The van der Waals surface area contributed by atoms with E-state index < -0.39 is 10.1 Å². The van der Waals surface area contributed by atoms with Gasteiger partial charge in [-0.1, -0.05) is 19.1 Å². The van der Waals surface area contributed by atoms with Gasteiger partial charge in [-0.3, -0.25) is 4.55 Å². The molecule has 1 N–H and O–H groups in total. The third kappa shape index (κ3) is 1.84. The normalized spacial score (nSPS) is 11.5. The number of benzene rings is 1. The smallest absolute Gasteiger partial charge is 0.282 e. The zero-order valence-corrected chi connectivity index (χ0v) is 7.43. The molecule has 3 nitrogen and oxygen atoms in total. The molecule has 0 amide bonds.